The van der Waals surface area contributed by atoms with E-state index >= 15 is 0 Å². The molecule has 2 aromatic rings. The second-order valence-electron chi connectivity index (χ2n) is 6.62. The third kappa shape index (κ3) is 6.22. The van der Waals surface area contributed by atoms with E-state index < -0.39 is 11.8 Å². The second kappa shape index (κ2) is 9.93. The van der Waals surface area contributed by atoms with Crippen LogP contribution in [0.5, 0.6) is 5.75 Å². The standard InChI is InChI=1S/C21H24ClN3O4/c1-13-5-6-15(9-14(13)2)21(28)23-11-20(27)25(3)12-19(26)24-17-10-16(22)7-8-18(17)29-4/h5-10H,11-12H2,1-4H3,(H,23,28)(H,24,26). The molecule has 2 N–H and O–H groups in total. The number of carbonyl (C=O) groups excluding carboxylic acids is 3. The van der Waals surface area contributed by atoms with Crippen molar-refractivity contribution in [2.45, 2.75) is 13.8 Å². The van der Waals surface area contributed by atoms with E-state index in [0.29, 0.717) is 22.0 Å². The van der Waals surface area contributed by atoms with Crippen molar-refractivity contribution < 1.29 is 19.1 Å². The topological polar surface area (TPSA) is 87.7 Å². The Morgan fingerprint density at radius 3 is 2.45 bits per heavy atom. The first-order valence-electron chi connectivity index (χ1n) is 8.94. The van der Waals surface area contributed by atoms with Crippen molar-refractivity contribution in [3.8, 4) is 5.75 Å². The Labute approximate surface area is 175 Å². The van der Waals surface area contributed by atoms with Gasteiger partial charge in [0.1, 0.15) is 5.75 Å². The number of carbonyl (C=O) groups is 3. The van der Waals surface area contributed by atoms with E-state index in [-0.39, 0.29) is 19.0 Å². The lowest BCUT2D eigenvalue weighted by molar-refractivity contribution is -0.132. The number of benzene rings is 2. The summed E-state index contributed by atoms with van der Waals surface area (Å²) in [5.41, 5.74) is 2.97. The maximum atomic E-state index is 12.3. The van der Waals surface area contributed by atoms with E-state index in [4.69, 9.17) is 16.3 Å². The normalized spacial score (nSPS) is 10.2. The van der Waals surface area contributed by atoms with Crippen LogP contribution in [0.4, 0.5) is 5.69 Å². The number of methoxy groups -OCH3 is 1. The Morgan fingerprint density at radius 1 is 1.07 bits per heavy atom. The molecule has 8 heteroatoms. The van der Waals surface area contributed by atoms with Crippen LogP contribution >= 0.6 is 11.6 Å². The molecule has 29 heavy (non-hydrogen) atoms. The summed E-state index contributed by atoms with van der Waals surface area (Å²) in [7, 11) is 2.96. The molecule has 0 aliphatic heterocycles. The summed E-state index contributed by atoms with van der Waals surface area (Å²) >= 11 is 5.94. The fourth-order valence-corrected chi connectivity index (χ4v) is 2.72. The number of amides is 3. The molecule has 0 bridgehead atoms. The van der Waals surface area contributed by atoms with Gasteiger partial charge in [0.2, 0.25) is 11.8 Å². The van der Waals surface area contributed by atoms with E-state index in [0.717, 1.165) is 11.1 Å². The predicted molar refractivity (Wildman–Crippen MR) is 113 cm³/mol. The molecule has 0 atom stereocenters. The fourth-order valence-electron chi connectivity index (χ4n) is 2.55. The number of anilines is 1. The highest BCUT2D eigenvalue weighted by atomic mass is 35.5. The molecule has 0 aliphatic rings. The summed E-state index contributed by atoms with van der Waals surface area (Å²) in [5, 5.41) is 5.68. The lowest BCUT2D eigenvalue weighted by atomic mass is 10.1. The molecular formula is C21H24ClN3O4. The predicted octanol–water partition coefficient (Wildman–Crippen LogP) is 2.79. The Hall–Kier alpha value is -3.06. The molecule has 0 heterocycles. The molecule has 0 unspecified atom stereocenters. The average Bonchev–Trinajstić information content (AvgIpc) is 2.67. The molecule has 0 fully saturated rings. The van der Waals surface area contributed by atoms with Crippen LogP contribution in [0.15, 0.2) is 36.4 Å². The molecule has 7 nitrogen and oxygen atoms in total. The Morgan fingerprint density at radius 2 is 1.79 bits per heavy atom. The van der Waals surface area contributed by atoms with Crippen LogP contribution in [0, 0.1) is 13.8 Å². The highest BCUT2D eigenvalue weighted by molar-refractivity contribution is 6.31. The Balaban J connectivity index is 1.88. The molecule has 0 radical (unpaired) electrons. The SMILES string of the molecule is COc1ccc(Cl)cc1NC(=O)CN(C)C(=O)CNC(=O)c1ccc(C)c(C)c1. The number of hydrogen-bond donors (Lipinski definition) is 2. The number of hydrogen-bond acceptors (Lipinski definition) is 4. The lowest BCUT2D eigenvalue weighted by Gasteiger charge is -2.18. The van der Waals surface area contributed by atoms with Crippen LogP contribution in [0.2, 0.25) is 5.02 Å². The zero-order valence-electron chi connectivity index (χ0n) is 16.8. The Kier molecular flexibility index (Phi) is 7.61. The molecule has 0 aromatic heterocycles. The third-order valence-electron chi connectivity index (χ3n) is 4.41. The van der Waals surface area contributed by atoms with Gasteiger partial charge < -0.3 is 20.3 Å². The van der Waals surface area contributed by atoms with E-state index in [1.807, 2.05) is 19.9 Å². The maximum absolute atomic E-state index is 12.3. The number of likely N-dealkylation sites (N-methyl/N-ethyl adjacent to an activating group) is 1. The van der Waals surface area contributed by atoms with Crippen molar-refractivity contribution in [2.75, 3.05) is 32.6 Å². The van der Waals surface area contributed by atoms with Gasteiger partial charge in [-0.1, -0.05) is 17.7 Å². The largest absolute Gasteiger partial charge is 0.495 e. The average molecular weight is 418 g/mol. The minimum Gasteiger partial charge on any atom is -0.495 e. The van der Waals surface area contributed by atoms with E-state index in [1.165, 1.54) is 19.1 Å². The van der Waals surface area contributed by atoms with Gasteiger partial charge in [0.15, 0.2) is 0 Å². The molecule has 154 valence electrons. The van der Waals surface area contributed by atoms with E-state index in [9.17, 15) is 14.4 Å². The van der Waals surface area contributed by atoms with Crippen molar-refractivity contribution in [1.29, 1.82) is 0 Å². The third-order valence-corrected chi connectivity index (χ3v) is 4.65. The van der Waals surface area contributed by atoms with Gasteiger partial charge >= 0.3 is 0 Å². The van der Waals surface area contributed by atoms with Gasteiger partial charge in [-0.3, -0.25) is 14.4 Å². The van der Waals surface area contributed by atoms with E-state index in [2.05, 4.69) is 10.6 Å². The maximum Gasteiger partial charge on any atom is 0.251 e. The monoisotopic (exact) mass is 417 g/mol. The van der Waals surface area contributed by atoms with Crippen molar-refractivity contribution in [1.82, 2.24) is 10.2 Å². The van der Waals surface area contributed by atoms with Gasteiger partial charge in [-0.05, 0) is 55.3 Å². The summed E-state index contributed by atoms with van der Waals surface area (Å²) in [4.78, 5) is 37.9. The summed E-state index contributed by atoms with van der Waals surface area (Å²) in [6.07, 6.45) is 0. The highest BCUT2D eigenvalue weighted by Gasteiger charge is 2.16. The van der Waals surface area contributed by atoms with Gasteiger partial charge in [-0.25, -0.2) is 0 Å². The van der Waals surface area contributed by atoms with E-state index in [1.54, 1.807) is 30.3 Å². The first kappa shape index (κ1) is 22.2. The van der Waals surface area contributed by atoms with Crippen LogP contribution in [-0.4, -0.2) is 49.9 Å². The fraction of sp³-hybridized carbons (Fsp3) is 0.286. The number of nitrogens with zero attached hydrogens (tertiary/aromatic N) is 1. The summed E-state index contributed by atoms with van der Waals surface area (Å²) < 4.78 is 5.17. The number of halogens is 1. The molecule has 0 spiro atoms. The number of nitrogens with one attached hydrogen (secondary N) is 2. The number of aryl methyl sites for hydroxylation is 2. The molecule has 2 aromatic carbocycles. The quantitative estimate of drug-likeness (QED) is 0.725. The van der Waals surface area contributed by atoms with Crippen LogP contribution in [0.3, 0.4) is 0 Å². The van der Waals surface area contributed by atoms with Crippen LogP contribution in [-0.2, 0) is 9.59 Å². The van der Waals surface area contributed by atoms with Crippen LogP contribution in [0.25, 0.3) is 0 Å². The van der Waals surface area contributed by atoms with Crippen LogP contribution in [0.1, 0.15) is 21.5 Å². The molecule has 0 saturated carbocycles. The summed E-state index contributed by atoms with van der Waals surface area (Å²) in [6.45, 7) is 3.47. The van der Waals surface area contributed by atoms with Crippen molar-refractivity contribution >= 4 is 35.0 Å². The molecule has 0 saturated heterocycles. The summed E-state index contributed by atoms with van der Waals surface area (Å²) in [5.74, 6) is -0.697. The highest BCUT2D eigenvalue weighted by Crippen LogP contribution is 2.27. The minimum absolute atomic E-state index is 0.186. The van der Waals surface area contributed by atoms with Gasteiger partial charge in [0, 0.05) is 17.6 Å². The summed E-state index contributed by atoms with van der Waals surface area (Å²) in [6, 6.07) is 10.2. The van der Waals surface area contributed by atoms with Gasteiger partial charge in [-0.2, -0.15) is 0 Å². The smallest absolute Gasteiger partial charge is 0.251 e. The second-order valence-corrected chi connectivity index (χ2v) is 7.06. The minimum atomic E-state index is -0.415. The zero-order chi connectivity index (χ0) is 21.6. The van der Waals surface area contributed by atoms with Crippen molar-refractivity contribution in [3.63, 3.8) is 0 Å². The van der Waals surface area contributed by atoms with Crippen LogP contribution < -0.4 is 15.4 Å². The molecule has 0 aliphatic carbocycles. The first-order valence-corrected chi connectivity index (χ1v) is 9.32. The van der Waals surface area contributed by atoms with Gasteiger partial charge in [0.25, 0.3) is 5.91 Å². The number of ether oxygens (including phenoxy) is 1. The van der Waals surface area contributed by atoms with Gasteiger partial charge in [0.05, 0.1) is 25.9 Å². The lowest BCUT2D eigenvalue weighted by Crippen LogP contribution is -2.41. The zero-order valence-corrected chi connectivity index (χ0v) is 17.6. The van der Waals surface area contributed by atoms with Crippen molar-refractivity contribution in [3.05, 3.63) is 58.1 Å². The Bertz CT molecular complexity index is 930. The van der Waals surface area contributed by atoms with Gasteiger partial charge in [-0.15, -0.1) is 0 Å². The molecular weight excluding hydrogens is 394 g/mol. The van der Waals surface area contributed by atoms with Crippen molar-refractivity contribution in [2.24, 2.45) is 0 Å². The molecule has 2 rings (SSSR count). The molecule has 3 amide bonds. The number of rotatable bonds is 7. The first-order chi connectivity index (χ1) is 13.7.